The number of hydrogen-bond acceptors (Lipinski definition) is 5. The monoisotopic (exact) mass is 422 g/mol. The van der Waals surface area contributed by atoms with Gasteiger partial charge in [-0.25, -0.2) is 0 Å². The molecule has 0 spiro atoms. The zero-order chi connectivity index (χ0) is 21.1. The van der Waals surface area contributed by atoms with Gasteiger partial charge >= 0.3 is 0 Å². The number of nitrogens with zero attached hydrogens (tertiary/aromatic N) is 2. The molecule has 0 bridgehead atoms. The molecule has 30 heavy (non-hydrogen) atoms. The SMILES string of the molecule is COCC(=O)Nc1ccc(N2C(=S)NC(c3ccccn3)C2c2ccc(C)o2)cc1. The van der Waals surface area contributed by atoms with Crippen LogP contribution in [0.15, 0.2) is 65.2 Å². The maximum Gasteiger partial charge on any atom is 0.250 e. The standard InChI is InChI=1S/C22H22N4O3S/c1-14-6-11-18(29-14)21-20(17-5-3-4-12-23-17)25-22(30)26(21)16-9-7-15(8-10-16)24-19(27)13-28-2/h3-12,20-21H,13H2,1-2H3,(H,24,27)(H,25,30). The first kappa shape index (κ1) is 20.1. The summed E-state index contributed by atoms with van der Waals surface area (Å²) in [6, 6.07) is 16.9. The summed E-state index contributed by atoms with van der Waals surface area (Å²) in [7, 11) is 1.48. The minimum Gasteiger partial charge on any atom is -0.464 e. The number of hydrogen-bond donors (Lipinski definition) is 2. The fourth-order valence-corrected chi connectivity index (χ4v) is 3.91. The number of thiocarbonyl (C=S) groups is 1. The first-order valence-corrected chi connectivity index (χ1v) is 9.93. The molecule has 2 atom stereocenters. The Morgan fingerprint density at radius 1 is 1.23 bits per heavy atom. The topological polar surface area (TPSA) is 79.6 Å². The molecule has 1 saturated heterocycles. The van der Waals surface area contributed by atoms with E-state index in [1.54, 1.807) is 6.20 Å². The number of anilines is 2. The van der Waals surface area contributed by atoms with Crippen LogP contribution in [0.2, 0.25) is 0 Å². The summed E-state index contributed by atoms with van der Waals surface area (Å²) in [6.07, 6.45) is 1.77. The van der Waals surface area contributed by atoms with Crippen LogP contribution in [0.3, 0.4) is 0 Å². The third kappa shape index (κ3) is 4.05. The predicted molar refractivity (Wildman–Crippen MR) is 118 cm³/mol. The smallest absolute Gasteiger partial charge is 0.250 e. The van der Waals surface area contributed by atoms with Crippen LogP contribution in [0, 0.1) is 6.92 Å². The van der Waals surface area contributed by atoms with Crippen LogP contribution in [0.5, 0.6) is 0 Å². The van der Waals surface area contributed by atoms with Crippen molar-refractivity contribution in [1.29, 1.82) is 0 Å². The highest BCUT2D eigenvalue weighted by molar-refractivity contribution is 7.80. The van der Waals surface area contributed by atoms with Crippen molar-refractivity contribution in [1.82, 2.24) is 10.3 Å². The lowest BCUT2D eigenvalue weighted by Gasteiger charge is -2.26. The molecule has 0 radical (unpaired) electrons. The summed E-state index contributed by atoms with van der Waals surface area (Å²) in [6.45, 7) is 1.93. The van der Waals surface area contributed by atoms with E-state index in [4.69, 9.17) is 21.4 Å². The zero-order valence-corrected chi connectivity index (χ0v) is 17.5. The van der Waals surface area contributed by atoms with Gasteiger partial charge in [0.2, 0.25) is 5.91 Å². The normalized spacial score (nSPS) is 18.3. The van der Waals surface area contributed by atoms with Crippen LogP contribution in [0.25, 0.3) is 0 Å². The number of carbonyl (C=O) groups excluding carboxylic acids is 1. The average molecular weight is 423 g/mol. The van der Waals surface area contributed by atoms with Crippen molar-refractivity contribution in [3.63, 3.8) is 0 Å². The van der Waals surface area contributed by atoms with Gasteiger partial charge in [0.1, 0.15) is 24.2 Å². The van der Waals surface area contributed by atoms with Gasteiger partial charge in [0.15, 0.2) is 5.11 Å². The van der Waals surface area contributed by atoms with Crippen molar-refractivity contribution in [2.75, 3.05) is 23.9 Å². The number of aryl methyl sites for hydroxylation is 1. The third-order valence-electron chi connectivity index (χ3n) is 4.86. The van der Waals surface area contributed by atoms with Crippen molar-refractivity contribution in [2.45, 2.75) is 19.0 Å². The van der Waals surface area contributed by atoms with E-state index < -0.39 is 0 Å². The number of ether oxygens (including phenoxy) is 1. The maximum atomic E-state index is 11.7. The largest absolute Gasteiger partial charge is 0.464 e. The van der Waals surface area contributed by atoms with E-state index in [0.29, 0.717) is 10.8 Å². The molecular weight excluding hydrogens is 400 g/mol. The van der Waals surface area contributed by atoms with Gasteiger partial charge in [0, 0.05) is 24.7 Å². The van der Waals surface area contributed by atoms with Crippen LogP contribution in [0.1, 0.15) is 29.3 Å². The van der Waals surface area contributed by atoms with Gasteiger partial charge in [-0.1, -0.05) is 6.07 Å². The number of carbonyl (C=O) groups is 1. The summed E-state index contributed by atoms with van der Waals surface area (Å²) < 4.78 is 10.8. The Morgan fingerprint density at radius 2 is 2.03 bits per heavy atom. The van der Waals surface area contributed by atoms with Crippen molar-refractivity contribution in [2.24, 2.45) is 0 Å². The zero-order valence-electron chi connectivity index (χ0n) is 16.7. The van der Waals surface area contributed by atoms with E-state index in [0.717, 1.165) is 22.9 Å². The number of aromatic nitrogens is 1. The van der Waals surface area contributed by atoms with Crippen LogP contribution < -0.4 is 15.5 Å². The number of amides is 1. The Bertz CT molecular complexity index is 1040. The molecule has 4 rings (SSSR count). The molecule has 3 heterocycles. The molecule has 154 valence electrons. The Labute approximate surface area is 180 Å². The van der Waals surface area contributed by atoms with Crippen LogP contribution >= 0.6 is 12.2 Å². The number of pyridine rings is 1. The Morgan fingerprint density at radius 3 is 2.67 bits per heavy atom. The van der Waals surface area contributed by atoms with Gasteiger partial charge in [-0.15, -0.1) is 0 Å². The highest BCUT2D eigenvalue weighted by atomic mass is 32.1. The summed E-state index contributed by atoms with van der Waals surface area (Å²) in [5.74, 6) is 1.43. The van der Waals surface area contributed by atoms with Gasteiger partial charge in [-0.2, -0.15) is 0 Å². The fourth-order valence-electron chi connectivity index (χ4n) is 3.57. The van der Waals surface area contributed by atoms with E-state index in [-0.39, 0.29) is 24.6 Å². The van der Waals surface area contributed by atoms with E-state index in [9.17, 15) is 4.79 Å². The molecule has 1 fully saturated rings. The second kappa shape index (κ2) is 8.64. The molecular formula is C22H22N4O3S. The van der Waals surface area contributed by atoms with Crippen molar-refractivity contribution in [3.8, 4) is 0 Å². The van der Waals surface area contributed by atoms with Gasteiger partial charge in [0.25, 0.3) is 0 Å². The molecule has 1 aromatic carbocycles. The molecule has 7 nitrogen and oxygen atoms in total. The van der Waals surface area contributed by atoms with Gasteiger partial charge in [-0.05, 0) is 67.7 Å². The third-order valence-corrected chi connectivity index (χ3v) is 5.17. The lowest BCUT2D eigenvalue weighted by molar-refractivity contribution is -0.119. The maximum absolute atomic E-state index is 11.7. The molecule has 3 aromatic rings. The predicted octanol–water partition coefficient (Wildman–Crippen LogP) is 3.75. The van der Waals surface area contributed by atoms with E-state index >= 15 is 0 Å². The highest BCUT2D eigenvalue weighted by Gasteiger charge is 2.42. The first-order chi connectivity index (χ1) is 14.6. The number of methoxy groups -OCH3 is 1. The quantitative estimate of drug-likeness (QED) is 0.586. The molecule has 1 amide bonds. The second-order valence-electron chi connectivity index (χ2n) is 6.97. The highest BCUT2D eigenvalue weighted by Crippen LogP contribution is 2.42. The number of furan rings is 1. The first-order valence-electron chi connectivity index (χ1n) is 9.52. The second-order valence-corrected chi connectivity index (χ2v) is 7.36. The van der Waals surface area contributed by atoms with Gasteiger partial charge in [-0.3, -0.25) is 9.78 Å². The fraction of sp³-hybridized carbons (Fsp3) is 0.227. The molecule has 2 aromatic heterocycles. The molecule has 8 heteroatoms. The summed E-state index contributed by atoms with van der Waals surface area (Å²) in [4.78, 5) is 18.3. The molecule has 0 saturated carbocycles. The Hall–Kier alpha value is -3.23. The molecule has 1 aliphatic rings. The van der Waals surface area contributed by atoms with Crippen molar-refractivity contribution >= 4 is 34.6 Å². The summed E-state index contributed by atoms with van der Waals surface area (Å²) in [5.41, 5.74) is 2.45. The van der Waals surface area contributed by atoms with Gasteiger partial charge < -0.3 is 24.7 Å². The lowest BCUT2D eigenvalue weighted by atomic mass is 10.0. The van der Waals surface area contributed by atoms with E-state index in [1.807, 2.05) is 66.4 Å². The molecule has 1 aliphatic heterocycles. The Balaban J connectivity index is 1.67. The van der Waals surface area contributed by atoms with E-state index in [2.05, 4.69) is 15.6 Å². The number of rotatable bonds is 6. The lowest BCUT2D eigenvalue weighted by Crippen LogP contribution is -2.29. The van der Waals surface area contributed by atoms with Crippen molar-refractivity contribution in [3.05, 3.63) is 78.0 Å². The summed E-state index contributed by atoms with van der Waals surface area (Å²) >= 11 is 5.68. The van der Waals surface area contributed by atoms with Crippen LogP contribution in [-0.4, -0.2) is 29.7 Å². The average Bonchev–Trinajstić information content (AvgIpc) is 3.32. The van der Waals surface area contributed by atoms with Crippen LogP contribution in [-0.2, 0) is 9.53 Å². The minimum atomic E-state index is -0.206. The Kier molecular flexibility index (Phi) is 5.78. The summed E-state index contributed by atoms with van der Waals surface area (Å²) in [5, 5.41) is 6.77. The van der Waals surface area contributed by atoms with E-state index in [1.165, 1.54) is 7.11 Å². The van der Waals surface area contributed by atoms with Crippen molar-refractivity contribution < 1.29 is 13.9 Å². The molecule has 2 N–H and O–H groups in total. The number of benzene rings is 1. The van der Waals surface area contributed by atoms with Crippen LogP contribution in [0.4, 0.5) is 11.4 Å². The van der Waals surface area contributed by atoms with Gasteiger partial charge in [0.05, 0.1) is 11.7 Å². The minimum absolute atomic E-state index is 0.00750. The number of nitrogens with one attached hydrogen (secondary N) is 2. The molecule has 2 unspecified atom stereocenters. The molecule has 0 aliphatic carbocycles.